The molecule has 1 aromatic heterocycles. The Morgan fingerprint density at radius 2 is 1.67 bits per heavy atom. The van der Waals surface area contributed by atoms with Crippen molar-refractivity contribution in [2.24, 2.45) is 0 Å². The maximum atomic E-state index is 13.5. The van der Waals surface area contributed by atoms with Crippen molar-refractivity contribution in [3.63, 3.8) is 0 Å². The lowest BCUT2D eigenvalue weighted by Crippen LogP contribution is -2.40. The number of piperidine rings is 1. The van der Waals surface area contributed by atoms with Gasteiger partial charge in [0.25, 0.3) is 0 Å². The lowest BCUT2D eigenvalue weighted by Gasteiger charge is -2.31. The summed E-state index contributed by atoms with van der Waals surface area (Å²) in [4.78, 5) is 31.7. The summed E-state index contributed by atoms with van der Waals surface area (Å²) in [5, 5.41) is 16.8. The van der Waals surface area contributed by atoms with Crippen LogP contribution in [0.3, 0.4) is 0 Å². The van der Waals surface area contributed by atoms with E-state index < -0.39 is 11.7 Å². The van der Waals surface area contributed by atoms with E-state index in [0.717, 1.165) is 45.8 Å². The molecule has 0 atom stereocenters. The average molecular weight is 596 g/mol. The number of amides is 2. The molecule has 9 heteroatoms. The molecule has 42 heavy (non-hydrogen) atoms. The highest BCUT2D eigenvalue weighted by Crippen LogP contribution is 2.42. The second-order valence-corrected chi connectivity index (χ2v) is 14.0. The Hall–Kier alpha value is -3.30. The Balaban J connectivity index is 1.33. The number of benzene rings is 2. The average Bonchev–Trinajstić information content (AvgIpc) is 3.40. The Kier molecular flexibility index (Phi) is 9.42. The van der Waals surface area contributed by atoms with Gasteiger partial charge >= 0.3 is 0 Å². The molecule has 0 aliphatic carbocycles. The van der Waals surface area contributed by atoms with Crippen molar-refractivity contribution < 1.29 is 23.8 Å². The minimum atomic E-state index is -0.437. The number of nitrogens with one attached hydrogen (secondary N) is 1. The number of aromatic hydroxyl groups is 1. The normalized spacial score (nSPS) is 14.7. The molecule has 2 heterocycles. The molecule has 2 aromatic carbocycles. The van der Waals surface area contributed by atoms with Crippen molar-refractivity contribution in [2.75, 3.05) is 31.6 Å². The van der Waals surface area contributed by atoms with Gasteiger partial charge in [-0.3, -0.25) is 9.59 Å². The minimum Gasteiger partial charge on any atom is -0.507 e. The first-order chi connectivity index (χ1) is 19.6. The second-order valence-electron chi connectivity index (χ2n) is 13.1. The van der Waals surface area contributed by atoms with Crippen molar-refractivity contribution in [1.29, 1.82) is 0 Å². The monoisotopic (exact) mass is 595 g/mol. The molecule has 1 aliphatic heterocycles. The van der Waals surface area contributed by atoms with E-state index >= 15 is 0 Å². The summed E-state index contributed by atoms with van der Waals surface area (Å²) in [5.41, 5.74) is 4.43. The van der Waals surface area contributed by atoms with E-state index in [-0.39, 0.29) is 35.9 Å². The summed E-state index contributed by atoms with van der Waals surface area (Å²) in [6, 6.07) is 8.29. The number of anilines is 1. The molecule has 0 radical (unpaired) electrons. The van der Waals surface area contributed by atoms with Gasteiger partial charge in [-0.2, -0.15) is 0 Å². The number of carbonyl (C=O) groups excluding carboxylic acids is 2. The molecule has 0 bridgehead atoms. The van der Waals surface area contributed by atoms with Gasteiger partial charge in [0.2, 0.25) is 11.8 Å². The summed E-state index contributed by atoms with van der Waals surface area (Å²) >= 11 is 1.64. The maximum absolute atomic E-state index is 13.5. The number of hydrogen-bond acceptors (Lipinski definition) is 6. The topological polar surface area (TPSA) is 91.8 Å². The molecule has 2 amide bonds. The molecule has 0 unspecified atom stereocenters. The van der Waals surface area contributed by atoms with Crippen LogP contribution in [0.15, 0.2) is 35.7 Å². The van der Waals surface area contributed by atoms with E-state index in [1.807, 2.05) is 0 Å². The summed E-state index contributed by atoms with van der Waals surface area (Å²) in [7, 11) is 0. The lowest BCUT2D eigenvalue weighted by atomic mass is 9.78. The van der Waals surface area contributed by atoms with Crippen LogP contribution >= 0.6 is 11.3 Å². The van der Waals surface area contributed by atoms with Crippen LogP contribution in [0, 0.1) is 12.7 Å². The van der Waals surface area contributed by atoms with Crippen LogP contribution in [-0.2, 0) is 25.2 Å². The molecule has 0 spiro atoms. The van der Waals surface area contributed by atoms with Gasteiger partial charge in [0.15, 0.2) is 0 Å². The van der Waals surface area contributed by atoms with Gasteiger partial charge in [0.1, 0.15) is 24.8 Å². The molecular weight excluding hydrogens is 553 g/mol. The highest BCUT2D eigenvalue weighted by Gasteiger charge is 2.29. The number of hydrogen-bond donors (Lipinski definition) is 2. The third-order valence-corrected chi connectivity index (χ3v) is 8.68. The number of aromatic nitrogens is 1. The van der Waals surface area contributed by atoms with Crippen LogP contribution < -0.4 is 5.32 Å². The molecule has 2 N–H and O–H groups in total. The zero-order chi connectivity index (χ0) is 30.8. The fraction of sp³-hybridized carbons (Fsp3) is 0.485. The summed E-state index contributed by atoms with van der Waals surface area (Å²) in [6.07, 6.45) is 1.60. The molecular formula is C33H42FN3O4S. The minimum absolute atomic E-state index is 0.156. The smallest absolute Gasteiger partial charge is 0.250 e. The zero-order valence-corrected chi connectivity index (χ0v) is 26.5. The number of nitrogens with zero attached hydrogens (tertiary/aromatic N) is 2. The van der Waals surface area contributed by atoms with E-state index in [0.29, 0.717) is 24.5 Å². The van der Waals surface area contributed by atoms with Gasteiger partial charge in [0.05, 0.1) is 10.7 Å². The van der Waals surface area contributed by atoms with Crippen molar-refractivity contribution in [3.8, 4) is 17.0 Å². The Morgan fingerprint density at radius 3 is 2.26 bits per heavy atom. The first-order valence-electron chi connectivity index (χ1n) is 14.4. The molecule has 1 saturated heterocycles. The van der Waals surface area contributed by atoms with E-state index in [1.54, 1.807) is 29.2 Å². The molecule has 7 nitrogen and oxygen atoms in total. The predicted molar refractivity (Wildman–Crippen MR) is 166 cm³/mol. The van der Waals surface area contributed by atoms with Crippen molar-refractivity contribution >= 4 is 28.8 Å². The van der Waals surface area contributed by atoms with Gasteiger partial charge in [-0.1, -0.05) is 47.6 Å². The number of carbonyl (C=O) groups is 2. The number of thiazole rings is 1. The van der Waals surface area contributed by atoms with Crippen LogP contribution in [0.5, 0.6) is 5.75 Å². The number of aryl methyl sites for hydroxylation is 1. The Bertz CT molecular complexity index is 1410. The van der Waals surface area contributed by atoms with Crippen LogP contribution in [0.4, 0.5) is 10.1 Å². The molecule has 4 rings (SSSR count). The van der Waals surface area contributed by atoms with Crippen LogP contribution in [0.1, 0.15) is 82.0 Å². The van der Waals surface area contributed by atoms with Gasteiger partial charge in [-0.05, 0) is 60.4 Å². The first kappa shape index (κ1) is 31.6. The molecule has 226 valence electrons. The van der Waals surface area contributed by atoms with Crippen LogP contribution in [-0.4, -0.2) is 53.1 Å². The quantitative estimate of drug-likeness (QED) is 0.309. The van der Waals surface area contributed by atoms with Crippen LogP contribution in [0.25, 0.3) is 11.3 Å². The largest absolute Gasteiger partial charge is 0.507 e. The highest BCUT2D eigenvalue weighted by molar-refractivity contribution is 7.10. The summed E-state index contributed by atoms with van der Waals surface area (Å²) in [5.74, 6) is -0.411. The molecule has 3 aromatic rings. The Labute approximate surface area is 252 Å². The zero-order valence-electron chi connectivity index (χ0n) is 25.6. The molecule has 0 saturated carbocycles. The second kappa shape index (κ2) is 12.5. The molecule has 1 aliphatic rings. The van der Waals surface area contributed by atoms with Crippen molar-refractivity contribution in [2.45, 2.75) is 78.1 Å². The van der Waals surface area contributed by atoms with E-state index in [2.05, 4.69) is 64.4 Å². The van der Waals surface area contributed by atoms with Gasteiger partial charge in [-0.15, -0.1) is 11.3 Å². The number of likely N-dealkylation sites (tertiary alicyclic amines) is 1. The van der Waals surface area contributed by atoms with E-state index in [4.69, 9.17) is 9.72 Å². The van der Waals surface area contributed by atoms with E-state index in [9.17, 15) is 19.1 Å². The van der Waals surface area contributed by atoms with Gasteiger partial charge in [-0.25, -0.2) is 9.37 Å². The van der Waals surface area contributed by atoms with Crippen molar-refractivity contribution in [1.82, 2.24) is 9.88 Å². The fourth-order valence-electron chi connectivity index (χ4n) is 5.15. The highest BCUT2D eigenvalue weighted by atomic mass is 32.1. The summed E-state index contributed by atoms with van der Waals surface area (Å²) in [6.45, 7) is 15.1. The Morgan fingerprint density at radius 1 is 1.05 bits per heavy atom. The van der Waals surface area contributed by atoms with Crippen LogP contribution in [0.2, 0.25) is 0 Å². The van der Waals surface area contributed by atoms with Gasteiger partial charge < -0.3 is 20.1 Å². The number of phenolic OH excluding ortho intramolecular Hbond substituents is 1. The molecule has 1 fully saturated rings. The fourth-order valence-corrected chi connectivity index (χ4v) is 6.15. The lowest BCUT2D eigenvalue weighted by molar-refractivity contribution is -0.138. The summed E-state index contributed by atoms with van der Waals surface area (Å²) < 4.78 is 18.8. The number of phenols is 1. The maximum Gasteiger partial charge on any atom is 0.250 e. The van der Waals surface area contributed by atoms with Crippen molar-refractivity contribution in [3.05, 3.63) is 63.2 Å². The predicted octanol–water partition coefficient (Wildman–Crippen LogP) is 6.92. The third kappa shape index (κ3) is 7.55. The third-order valence-electron chi connectivity index (χ3n) is 7.67. The SMILES string of the molecule is Cc1ccc(F)cc1NC(=O)COCC(=O)N1CCC(c2nc(-c3cc(C(C)(C)C)c(O)c(C(C)(C)C)c3)cs2)CC1. The number of ether oxygens (including phenoxy) is 1. The number of rotatable bonds is 7. The number of halogens is 1. The van der Waals surface area contributed by atoms with E-state index in [1.165, 1.54) is 12.1 Å². The first-order valence-corrected chi connectivity index (χ1v) is 15.3. The standard InChI is InChI=1S/C33H42FN3O4S/c1-20-8-9-23(34)16-26(20)35-28(38)17-41-18-29(39)37-12-10-21(11-13-37)31-36-27(19-42-31)22-14-24(32(2,3)4)30(40)25(15-22)33(5,6)7/h8-9,14-16,19,21,40H,10-13,17-18H2,1-7H3,(H,35,38). The van der Waals surface area contributed by atoms with Gasteiger partial charge in [0, 0.05) is 46.8 Å².